The molecular formula is C15H16N4O. The number of primary amides is 1. The van der Waals surface area contributed by atoms with E-state index in [1.807, 2.05) is 37.3 Å². The van der Waals surface area contributed by atoms with Gasteiger partial charge in [0, 0.05) is 6.21 Å². The van der Waals surface area contributed by atoms with Gasteiger partial charge >= 0.3 is 0 Å². The second kappa shape index (κ2) is 4.59. The van der Waals surface area contributed by atoms with Crippen molar-refractivity contribution < 1.29 is 4.79 Å². The molecule has 0 aliphatic carbocycles. The van der Waals surface area contributed by atoms with E-state index in [-0.39, 0.29) is 12.3 Å². The number of rotatable bonds is 3. The average molecular weight is 268 g/mol. The molecule has 1 unspecified atom stereocenters. The van der Waals surface area contributed by atoms with Crippen molar-refractivity contribution in [3.8, 4) is 0 Å². The molecule has 0 radical (unpaired) electrons. The van der Waals surface area contributed by atoms with E-state index >= 15 is 0 Å². The van der Waals surface area contributed by atoms with E-state index in [9.17, 15) is 4.79 Å². The number of amides is 1. The molecule has 0 saturated carbocycles. The first kappa shape index (κ1) is 12.6. The lowest BCUT2D eigenvalue weighted by Gasteiger charge is -2.27. The van der Waals surface area contributed by atoms with E-state index in [0.29, 0.717) is 6.54 Å². The topological polar surface area (TPSA) is 79.8 Å². The molecule has 2 aliphatic rings. The molecule has 1 aromatic carbocycles. The molecule has 1 aromatic rings. The van der Waals surface area contributed by atoms with Gasteiger partial charge in [-0.1, -0.05) is 29.8 Å². The highest BCUT2D eigenvalue weighted by molar-refractivity contribution is 6.08. The Labute approximate surface area is 117 Å². The van der Waals surface area contributed by atoms with Gasteiger partial charge in [-0.05, 0) is 18.6 Å². The second-order valence-electron chi connectivity index (χ2n) is 5.12. The standard InChI is InChI=1S/C15H16N4O/c1-10-2-4-11(5-3-10)15(8-14(16)20)18-12-6-7-17-9-13(12)19-15/h2-7,18H,8-9H2,1H3,(H2,16,20). The molecule has 1 amide bonds. The lowest BCUT2D eigenvalue weighted by Crippen LogP contribution is -2.40. The van der Waals surface area contributed by atoms with Gasteiger partial charge in [0.15, 0.2) is 5.66 Å². The van der Waals surface area contributed by atoms with Crippen molar-refractivity contribution in [1.82, 2.24) is 5.32 Å². The van der Waals surface area contributed by atoms with Gasteiger partial charge in [-0.3, -0.25) is 14.8 Å². The van der Waals surface area contributed by atoms with Crippen LogP contribution in [0, 0.1) is 6.92 Å². The largest absolute Gasteiger partial charge is 0.370 e. The molecule has 0 spiro atoms. The van der Waals surface area contributed by atoms with E-state index in [2.05, 4.69) is 10.3 Å². The number of nitrogens with two attached hydrogens (primary N) is 1. The Bertz CT molecular complexity index is 642. The Morgan fingerprint density at radius 2 is 2.15 bits per heavy atom. The summed E-state index contributed by atoms with van der Waals surface area (Å²) in [6.07, 6.45) is 3.74. The smallest absolute Gasteiger partial charge is 0.222 e. The van der Waals surface area contributed by atoms with Crippen molar-refractivity contribution in [2.24, 2.45) is 15.7 Å². The number of allylic oxidation sites excluding steroid dienone is 1. The molecule has 1 atom stereocenters. The third kappa shape index (κ3) is 2.11. The Morgan fingerprint density at radius 3 is 2.80 bits per heavy atom. The van der Waals surface area contributed by atoms with Crippen LogP contribution in [0.5, 0.6) is 0 Å². The second-order valence-corrected chi connectivity index (χ2v) is 5.12. The minimum Gasteiger partial charge on any atom is -0.370 e. The fourth-order valence-corrected chi connectivity index (χ4v) is 2.54. The molecule has 0 fully saturated rings. The minimum absolute atomic E-state index is 0.122. The zero-order valence-electron chi connectivity index (χ0n) is 11.3. The first-order valence-corrected chi connectivity index (χ1v) is 6.52. The number of carbonyl (C=O) groups is 1. The van der Waals surface area contributed by atoms with E-state index < -0.39 is 5.66 Å². The number of fused-ring (bicyclic) bond motifs is 1. The molecule has 3 rings (SSSR count). The summed E-state index contributed by atoms with van der Waals surface area (Å²) in [5, 5.41) is 3.34. The third-order valence-corrected chi connectivity index (χ3v) is 3.53. The van der Waals surface area contributed by atoms with Gasteiger partial charge in [-0.25, -0.2) is 0 Å². The summed E-state index contributed by atoms with van der Waals surface area (Å²) >= 11 is 0. The van der Waals surface area contributed by atoms with E-state index in [4.69, 9.17) is 10.7 Å². The molecular weight excluding hydrogens is 252 g/mol. The van der Waals surface area contributed by atoms with Crippen LogP contribution in [-0.2, 0) is 10.5 Å². The van der Waals surface area contributed by atoms with Gasteiger partial charge in [0.25, 0.3) is 0 Å². The van der Waals surface area contributed by atoms with Gasteiger partial charge in [-0.2, -0.15) is 0 Å². The SMILES string of the molecule is Cc1ccc(C2(CC(N)=O)N=C3CN=CC=C3N2)cc1. The Morgan fingerprint density at radius 1 is 1.40 bits per heavy atom. The van der Waals surface area contributed by atoms with Crippen LogP contribution in [0.15, 0.2) is 46.0 Å². The van der Waals surface area contributed by atoms with Crippen LogP contribution in [0.2, 0.25) is 0 Å². The molecule has 3 N–H and O–H groups in total. The summed E-state index contributed by atoms with van der Waals surface area (Å²) in [6.45, 7) is 2.56. The number of nitrogens with zero attached hydrogens (tertiary/aromatic N) is 2. The predicted molar refractivity (Wildman–Crippen MR) is 78.7 cm³/mol. The molecule has 0 bridgehead atoms. The lowest BCUT2D eigenvalue weighted by atomic mass is 9.95. The maximum atomic E-state index is 11.5. The number of dihydropyridines is 1. The molecule has 2 heterocycles. The van der Waals surface area contributed by atoms with Gasteiger partial charge in [0.1, 0.15) is 0 Å². The molecule has 0 aromatic heterocycles. The normalized spacial score (nSPS) is 23.6. The summed E-state index contributed by atoms with van der Waals surface area (Å²) < 4.78 is 0. The molecule has 102 valence electrons. The maximum Gasteiger partial charge on any atom is 0.222 e. The monoisotopic (exact) mass is 268 g/mol. The van der Waals surface area contributed by atoms with Crippen molar-refractivity contribution in [1.29, 1.82) is 0 Å². The van der Waals surface area contributed by atoms with Crippen LogP contribution in [-0.4, -0.2) is 24.4 Å². The van der Waals surface area contributed by atoms with Crippen LogP contribution in [0.1, 0.15) is 17.5 Å². The number of aryl methyl sites for hydroxylation is 1. The molecule has 0 saturated heterocycles. The van der Waals surface area contributed by atoms with Gasteiger partial charge in [-0.15, -0.1) is 0 Å². The van der Waals surface area contributed by atoms with Crippen molar-refractivity contribution in [2.75, 3.05) is 6.54 Å². The summed E-state index contributed by atoms with van der Waals surface area (Å²) in [5.74, 6) is -0.386. The van der Waals surface area contributed by atoms with Gasteiger partial charge < -0.3 is 11.1 Å². The lowest BCUT2D eigenvalue weighted by molar-refractivity contribution is -0.119. The summed E-state index contributed by atoms with van der Waals surface area (Å²) in [7, 11) is 0. The first-order valence-electron chi connectivity index (χ1n) is 6.52. The molecule has 20 heavy (non-hydrogen) atoms. The summed E-state index contributed by atoms with van der Waals surface area (Å²) in [4.78, 5) is 20.4. The van der Waals surface area contributed by atoms with E-state index in [0.717, 1.165) is 22.5 Å². The van der Waals surface area contributed by atoms with Gasteiger partial charge in [0.2, 0.25) is 5.91 Å². The van der Waals surface area contributed by atoms with Crippen molar-refractivity contribution >= 4 is 17.8 Å². The number of aliphatic imine (C=N–C) groups is 2. The molecule has 5 heteroatoms. The molecule has 2 aliphatic heterocycles. The number of nitrogens with one attached hydrogen (secondary N) is 1. The minimum atomic E-state index is -0.797. The maximum absolute atomic E-state index is 11.5. The Hall–Kier alpha value is -2.43. The highest BCUT2D eigenvalue weighted by Crippen LogP contribution is 2.33. The highest BCUT2D eigenvalue weighted by atomic mass is 16.1. The van der Waals surface area contributed by atoms with Crippen LogP contribution >= 0.6 is 0 Å². The number of hydrogen-bond acceptors (Lipinski definition) is 4. The average Bonchev–Trinajstić information content (AvgIpc) is 2.77. The predicted octanol–water partition coefficient (Wildman–Crippen LogP) is 1.04. The first-order chi connectivity index (χ1) is 9.59. The summed E-state index contributed by atoms with van der Waals surface area (Å²) in [6, 6.07) is 7.97. The van der Waals surface area contributed by atoms with Crippen LogP contribution in [0.3, 0.4) is 0 Å². The molecule has 5 nitrogen and oxygen atoms in total. The Balaban J connectivity index is 2.05. The van der Waals surface area contributed by atoms with E-state index in [1.54, 1.807) is 6.21 Å². The summed E-state index contributed by atoms with van der Waals surface area (Å²) in [5.41, 5.74) is 8.50. The fourth-order valence-electron chi connectivity index (χ4n) is 2.54. The number of hydrogen-bond donors (Lipinski definition) is 2. The number of carbonyl (C=O) groups excluding carboxylic acids is 1. The Kier molecular flexibility index (Phi) is 2.89. The zero-order chi connectivity index (χ0) is 14.2. The third-order valence-electron chi connectivity index (χ3n) is 3.53. The fraction of sp³-hybridized carbons (Fsp3) is 0.267. The number of benzene rings is 1. The van der Waals surface area contributed by atoms with Crippen LogP contribution in [0.25, 0.3) is 0 Å². The highest BCUT2D eigenvalue weighted by Gasteiger charge is 2.40. The van der Waals surface area contributed by atoms with Crippen LogP contribution in [0.4, 0.5) is 0 Å². The van der Waals surface area contributed by atoms with Crippen LogP contribution < -0.4 is 11.1 Å². The van der Waals surface area contributed by atoms with Crippen molar-refractivity contribution in [2.45, 2.75) is 19.0 Å². The van der Waals surface area contributed by atoms with Crippen molar-refractivity contribution in [3.05, 3.63) is 47.2 Å². The van der Waals surface area contributed by atoms with E-state index in [1.165, 1.54) is 0 Å². The zero-order valence-corrected chi connectivity index (χ0v) is 11.3. The van der Waals surface area contributed by atoms with Gasteiger partial charge in [0.05, 0.1) is 24.4 Å². The quantitative estimate of drug-likeness (QED) is 0.858. The van der Waals surface area contributed by atoms with Crippen molar-refractivity contribution in [3.63, 3.8) is 0 Å².